The lowest BCUT2D eigenvalue weighted by Crippen LogP contribution is -2.45. The third-order valence-electron chi connectivity index (χ3n) is 5.60. The van der Waals surface area contributed by atoms with Crippen LogP contribution in [-0.4, -0.2) is 49.1 Å². The minimum atomic E-state index is -0.272. The largest absolute Gasteiger partial charge is 0.393 e. The average Bonchev–Trinajstić information content (AvgIpc) is 3.33. The summed E-state index contributed by atoms with van der Waals surface area (Å²) in [4.78, 5) is 23.5. The van der Waals surface area contributed by atoms with Crippen LogP contribution in [0.15, 0.2) is 37.1 Å². The lowest BCUT2D eigenvalue weighted by molar-refractivity contribution is 0.0211. The first-order valence-corrected chi connectivity index (χ1v) is 9.17. The molecular formula is C19H24N4O2. The van der Waals surface area contributed by atoms with Crippen LogP contribution in [0.2, 0.25) is 0 Å². The third-order valence-corrected chi connectivity index (χ3v) is 5.60. The van der Waals surface area contributed by atoms with E-state index in [0.29, 0.717) is 11.4 Å². The Labute approximate surface area is 147 Å². The fourth-order valence-corrected chi connectivity index (χ4v) is 4.33. The number of aliphatic hydroxyl groups is 1. The van der Waals surface area contributed by atoms with Gasteiger partial charge in [-0.15, -0.1) is 0 Å². The normalized spacial score (nSPS) is 26.8. The molecule has 2 aliphatic rings. The SMILES string of the molecule is O=C(c1ccnc(-n2ccnc2)c1)N1CCC[C@@H]1[C@H]1CCCC[C@H]1O. The molecule has 2 fully saturated rings. The molecule has 2 aromatic rings. The molecule has 1 saturated heterocycles. The van der Waals surface area contributed by atoms with Gasteiger partial charge in [0.15, 0.2) is 0 Å². The number of carbonyl (C=O) groups is 1. The number of pyridine rings is 1. The maximum absolute atomic E-state index is 13.1. The Hall–Kier alpha value is -2.21. The summed E-state index contributed by atoms with van der Waals surface area (Å²) >= 11 is 0. The molecule has 2 aromatic heterocycles. The van der Waals surface area contributed by atoms with Crippen molar-refractivity contribution in [2.24, 2.45) is 5.92 Å². The summed E-state index contributed by atoms with van der Waals surface area (Å²) in [6, 6.07) is 3.75. The molecule has 0 unspecified atom stereocenters. The molecule has 1 N–H and O–H groups in total. The summed E-state index contributed by atoms with van der Waals surface area (Å²) in [5, 5.41) is 10.4. The van der Waals surface area contributed by atoms with Crippen molar-refractivity contribution in [2.45, 2.75) is 50.7 Å². The van der Waals surface area contributed by atoms with Gasteiger partial charge in [-0.1, -0.05) is 12.8 Å². The molecule has 25 heavy (non-hydrogen) atoms. The van der Waals surface area contributed by atoms with Crippen molar-refractivity contribution in [3.63, 3.8) is 0 Å². The van der Waals surface area contributed by atoms with Crippen LogP contribution in [0.3, 0.4) is 0 Å². The quantitative estimate of drug-likeness (QED) is 0.931. The highest BCUT2D eigenvalue weighted by Crippen LogP contribution is 2.35. The van der Waals surface area contributed by atoms with Crippen LogP contribution in [0, 0.1) is 5.92 Å². The zero-order chi connectivity index (χ0) is 17.2. The minimum Gasteiger partial charge on any atom is -0.393 e. The molecule has 132 valence electrons. The molecule has 1 saturated carbocycles. The third kappa shape index (κ3) is 3.18. The number of likely N-dealkylation sites (tertiary alicyclic amines) is 1. The molecule has 6 nitrogen and oxygen atoms in total. The van der Waals surface area contributed by atoms with Crippen molar-refractivity contribution >= 4 is 5.91 Å². The van der Waals surface area contributed by atoms with E-state index in [-0.39, 0.29) is 24.0 Å². The second-order valence-electron chi connectivity index (χ2n) is 7.10. The number of aromatic nitrogens is 3. The average molecular weight is 340 g/mol. The number of imidazole rings is 1. The molecular weight excluding hydrogens is 316 g/mol. The van der Waals surface area contributed by atoms with E-state index in [1.165, 1.54) is 0 Å². The van der Waals surface area contributed by atoms with E-state index >= 15 is 0 Å². The fourth-order valence-electron chi connectivity index (χ4n) is 4.33. The highest BCUT2D eigenvalue weighted by Gasteiger charge is 2.39. The summed E-state index contributed by atoms with van der Waals surface area (Å²) in [7, 11) is 0. The van der Waals surface area contributed by atoms with E-state index in [4.69, 9.17) is 0 Å². The second kappa shape index (κ2) is 6.96. The topological polar surface area (TPSA) is 71.2 Å². The molecule has 3 atom stereocenters. The summed E-state index contributed by atoms with van der Waals surface area (Å²) in [6.45, 7) is 0.773. The highest BCUT2D eigenvalue weighted by molar-refractivity contribution is 5.95. The Morgan fingerprint density at radius 1 is 1.16 bits per heavy atom. The van der Waals surface area contributed by atoms with Crippen molar-refractivity contribution < 1.29 is 9.90 Å². The van der Waals surface area contributed by atoms with E-state index in [9.17, 15) is 9.90 Å². The summed E-state index contributed by atoms with van der Waals surface area (Å²) in [5.41, 5.74) is 0.649. The summed E-state index contributed by atoms with van der Waals surface area (Å²) in [5.74, 6) is 0.955. The van der Waals surface area contributed by atoms with Crippen LogP contribution < -0.4 is 0 Å². The van der Waals surface area contributed by atoms with Gasteiger partial charge in [0.05, 0.1) is 6.10 Å². The number of hydrogen-bond acceptors (Lipinski definition) is 4. The number of nitrogens with zero attached hydrogens (tertiary/aromatic N) is 4. The lowest BCUT2D eigenvalue weighted by atomic mass is 9.80. The van der Waals surface area contributed by atoms with Gasteiger partial charge in [-0.3, -0.25) is 9.36 Å². The number of hydrogen-bond donors (Lipinski definition) is 1. The zero-order valence-corrected chi connectivity index (χ0v) is 14.3. The van der Waals surface area contributed by atoms with Crippen molar-refractivity contribution in [2.75, 3.05) is 6.54 Å². The number of aliphatic hydroxyl groups excluding tert-OH is 1. The number of rotatable bonds is 3. The molecule has 1 amide bonds. The number of carbonyl (C=O) groups excluding carboxylic acids is 1. The molecule has 0 aromatic carbocycles. The fraction of sp³-hybridized carbons (Fsp3) is 0.526. The van der Waals surface area contributed by atoms with Crippen molar-refractivity contribution in [1.82, 2.24) is 19.4 Å². The molecule has 0 spiro atoms. The maximum atomic E-state index is 13.1. The van der Waals surface area contributed by atoms with E-state index in [2.05, 4.69) is 9.97 Å². The molecule has 0 bridgehead atoms. The second-order valence-corrected chi connectivity index (χ2v) is 7.10. The Morgan fingerprint density at radius 2 is 2.04 bits per heavy atom. The molecule has 3 heterocycles. The standard InChI is InChI=1S/C19H24N4O2/c24-17-6-2-1-4-15(17)16-5-3-10-23(16)19(25)14-7-8-21-18(12-14)22-11-9-20-13-22/h7-9,11-13,15-17,24H,1-6,10H2/t15-,16-,17-/m1/s1. The molecule has 1 aliphatic heterocycles. The minimum absolute atomic E-state index is 0.0454. The van der Waals surface area contributed by atoms with Gasteiger partial charge in [0.25, 0.3) is 5.91 Å². The monoisotopic (exact) mass is 340 g/mol. The number of amides is 1. The smallest absolute Gasteiger partial charge is 0.254 e. The van der Waals surface area contributed by atoms with Gasteiger partial charge in [-0.2, -0.15) is 0 Å². The highest BCUT2D eigenvalue weighted by atomic mass is 16.3. The lowest BCUT2D eigenvalue weighted by Gasteiger charge is -2.37. The van der Waals surface area contributed by atoms with Gasteiger partial charge >= 0.3 is 0 Å². The van der Waals surface area contributed by atoms with Crippen LogP contribution in [0.25, 0.3) is 5.82 Å². The summed E-state index contributed by atoms with van der Waals surface area (Å²) < 4.78 is 1.79. The molecule has 0 radical (unpaired) electrons. The van der Waals surface area contributed by atoms with Gasteiger partial charge in [0.1, 0.15) is 12.1 Å². The van der Waals surface area contributed by atoms with Gasteiger partial charge in [-0.25, -0.2) is 9.97 Å². The molecule has 6 heteroatoms. The Balaban J connectivity index is 1.56. The van der Waals surface area contributed by atoms with Crippen molar-refractivity contribution in [3.8, 4) is 5.82 Å². The van der Waals surface area contributed by atoms with E-state index < -0.39 is 0 Å². The van der Waals surface area contributed by atoms with Crippen LogP contribution in [0.5, 0.6) is 0 Å². The van der Waals surface area contributed by atoms with Crippen LogP contribution in [0.1, 0.15) is 48.9 Å². The molecule has 4 rings (SSSR count). The van der Waals surface area contributed by atoms with E-state index in [1.54, 1.807) is 29.4 Å². The first kappa shape index (κ1) is 16.3. The maximum Gasteiger partial charge on any atom is 0.254 e. The van der Waals surface area contributed by atoms with Gasteiger partial charge in [0, 0.05) is 42.7 Å². The van der Waals surface area contributed by atoms with Gasteiger partial charge in [0.2, 0.25) is 0 Å². The van der Waals surface area contributed by atoms with Crippen LogP contribution in [-0.2, 0) is 0 Å². The van der Waals surface area contributed by atoms with Crippen LogP contribution in [0.4, 0.5) is 0 Å². The van der Waals surface area contributed by atoms with Crippen molar-refractivity contribution in [1.29, 1.82) is 0 Å². The predicted molar refractivity (Wildman–Crippen MR) is 93.4 cm³/mol. The first-order chi connectivity index (χ1) is 12.2. The van der Waals surface area contributed by atoms with Gasteiger partial charge < -0.3 is 10.0 Å². The Bertz CT molecular complexity index is 731. The summed E-state index contributed by atoms with van der Waals surface area (Å²) in [6.07, 6.45) is 12.7. The molecule has 1 aliphatic carbocycles. The van der Waals surface area contributed by atoms with Crippen molar-refractivity contribution in [3.05, 3.63) is 42.6 Å². The predicted octanol–water partition coefficient (Wildman–Crippen LogP) is 2.42. The van der Waals surface area contributed by atoms with Gasteiger partial charge in [-0.05, 0) is 37.8 Å². The van der Waals surface area contributed by atoms with E-state index in [0.717, 1.165) is 45.1 Å². The van der Waals surface area contributed by atoms with E-state index in [1.807, 2.05) is 17.2 Å². The Morgan fingerprint density at radius 3 is 2.84 bits per heavy atom. The first-order valence-electron chi connectivity index (χ1n) is 9.17. The van der Waals surface area contributed by atoms with Crippen LogP contribution >= 0.6 is 0 Å². The zero-order valence-electron chi connectivity index (χ0n) is 14.3. The Kier molecular flexibility index (Phi) is 4.53.